The molecule has 1 aromatic heterocycles. The molecule has 0 aliphatic carbocycles. The second-order valence-corrected chi connectivity index (χ2v) is 4.15. The van der Waals surface area contributed by atoms with Crippen molar-refractivity contribution in [2.24, 2.45) is 7.05 Å². The van der Waals surface area contributed by atoms with Crippen molar-refractivity contribution >= 4 is 11.8 Å². The number of amides is 1. The summed E-state index contributed by atoms with van der Waals surface area (Å²) in [4.78, 5) is 12.6. The molecular formula is C13H15N3O3. The minimum atomic E-state index is -1.08. The van der Waals surface area contributed by atoms with Gasteiger partial charge >= 0.3 is 6.09 Å². The smallest absolute Gasteiger partial charge is 0.412 e. The van der Waals surface area contributed by atoms with E-state index in [4.69, 9.17) is 0 Å². The number of aliphatic hydroxyl groups is 1. The molecule has 0 spiro atoms. The van der Waals surface area contributed by atoms with E-state index in [2.05, 4.69) is 5.10 Å². The van der Waals surface area contributed by atoms with Gasteiger partial charge in [0.15, 0.2) is 0 Å². The molecule has 19 heavy (non-hydrogen) atoms. The van der Waals surface area contributed by atoms with E-state index in [9.17, 15) is 15.0 Å². The summed E-state index contributed by atoms with van der Waals surface area (Å²) < 4.78 is 1.49. The van der Waals surface area contributed by atoms with Crippen LogP contribution in [-0.4, -0.2) is 26.1 Å². The van der Waals surface area contributed by atoms with Crippen LogP contribution in [0.2, 0.25) is 0 Å². The Labute approximate surface area is 110 Å². The molecule has 1 amide bonds. The predicted octanol–water partition coefficient (Wildman–Crippen LogP) is 1.60. The molecule has 0 fully saturated rings. The number of anilines is 1. The van der Waals surface area contributed by atoms with E-state index in [1.807, 2.05) is 30.3 Å². The number of nitrogens with zero attached hydrogens (tertiary/aromatic N) is 3. The Balaban J connectivity index is 2.32. The lowest BCUT2D eigenvalue weighted by Gasteiger charge is -2.18. The van der Waals surface area contributed by atoms with E-state index in [-0.39, 0.29) is 13.2 Å². The maximum Gasteiger partial charge on any atom is 0.412 e. The highest BCUT2D eigenvalue weighted by Crippen LogP contribution is 2.21. The van der Waals surface area contributed by atoms with Gasteiger partial charge in [0.05, 0.1) is 18.8 Å². The van der Waals surface area contributed by atoms with Crippen LogP contribution in [0.3, 0.4) is 0 Å². The first-order valence-electron chi connectivity index (χ1n) is 5.79. The zero-order valence-corrected chi connectivity index (χ0v) is 10.5. The number of aryl methyl sites for hydroxylation is 1. The van der Waals surface area contributed by atoms with E-state index in [0.717, 1.165) is 5.56 Å². The minimum absolute atomic E-state index is 0.217. The number of carboxylic acid groups (broad SMARTS) is 1. The average molecular weight is 261 g/mol. The SMILES string of the molecule is Cn1cc(N(Cc2ccccc2)C(=O)O)c(CO)n1. The standard InChI is InChI=1S/C13H15N3O3/c1-15-8-12(11(9-17)14-15)16(13(18)19)7-10-5-3-2-4-6-10/h2-6,8,17H,7,9H2,1H3,(H,18,19). The molecule has 0 radical (unpaired) electrons. The molecule has 1 aromatic carbocycles. The topological polar surface area (TPSA) is 78.6 Å². The highest BCUT2D eigenvalue weighted by Gasteiger charge is 2.20. The zero-order valence-electron chi connectivity index (χ0n) is 10.5. The van der Waals surface area contributed by atoms with Crippen LogP contribution in [0.4, 0.5) is 10.5 Å². The summed E-state index contributed by atoms with van der Waals surface area (Å²) in [6.45, 7) is -0.0798. The summed E-state index contributed by atoms with van der Waals surface area (Å²) in [6.07, 6.45) is 0.509. The number of aromatic nitrogens is 2. The first-order chi connectivity index (χ1) is 9.11. The van der Waals surface area contributed by atoms with Crippen LogP contribution in [0.1, 0.15) is 11.3 Å². The fourth-order valence-electron chi connectivity index (χ4n) is 1.88. The van der Waals surface area contributed by atoms with Gasteiger partial charge in [-0.15, -0.1) is 0 Å². The Bertz CT molecular complexity index is 566. The number of rotatable bonds is 4. The number of benzene rings is 1. The quantitative estimate of drug-likeness (QED) is 0.876. The van der Waals surface area contributed by atoms with Crippen molar-refractivity contribution in [3.63, 3.8) is 0 Å². The Morgan fingerprint density at radius 2 is 2.05 bits per heavy atom. The first kappa shape index (κ1) is 13.1. The van der Waals surface area contributed by atoms with Crippen LogP contribution in [0.25, 0.3) is 0 Å². The molecule has 0 atom stereocenters. The second-order valence-electron chi connectivity index (χ2n) is 4.15. The van der Waals surface area contributed by atoms with Crippen LogP contribution < -0.4 is 4.90 Å². The molecule has 2 rings (SSSR count). The lowest BCUT2D eigenvalue weighted by molar-refractivity contribution is 0.201. The second kappa shape index (κ2) is 5.53. The van der Waals surface area contributed by atoms with E-state index < -0.39 is 6.09 Å². The number of hydrogen-bond acceptors (Lipinski definition) is 3. The third-order valence-corrected chi connectivity index (χ3v) is 2.74. The Kier molecular flexibility index (Phi) is 3.82. The third-order valence-electron chi connectivity index (χ3n) is 2.74. The summed E-state index contributed by atoms with van der Waals surface area (Å²) in [5, 5.41) is 22.6. The lowest BCUT2D eigenvalue weighted by Crippen LogP contribution is -2.29. The first-order valence-corrected chi connectivity index (χ1v) is 5.79. The van der Waals surface area contributed by atoms with E-state index >= 15 is 0 Å². The molecule has 1 heterocycles. The molecule has 0 aliphatic heterocycles. The normalized spacial score (nSPS) is 10.4. The van der Waals surface area contributed by atoms with Gasteiger partial charge < -0.3 is 10.2 Å². The molecule has 0 unspecified atom stereocenters. The molecule has 0 bridgehead atoms. The highest BCUT2D eigenvalue weighted by atomic mass is 16.4. The average Bonchev–Trinajstić information content (AvgIpc) is 2.77. The maximum absolute atomic E-state index is 11.4. The van der Waals surface area contributed by atoms with E-state index in [0.29, 0.717) is 11.4 Å². The summed E-state index contributed by atoms with van der Waals surface area (Å²) in [7, 11) is 1.69. The predicted molar refractivity (Wildman–Crippen MR) is 69.8 cm³/mol. The fourth-order valence-corrected chi connectivity index (χ4v) is 1.88. The van der Waals surface area contributed by atoms with Crippen molar-refractivity contribution in [2.45, 2.75) is 13.2 Å². The van der Waals surface area contributed by atoms with Crippen LogP contribution in [0.15, 0.2) is 36.5 Å². The number of carbonyl (C=O) groups is 1. The van der Waals surface area contributed by atoms with Crippen molar-refractivity contribution in [1.29, 1.82) is 0 Å². The summed E-state index contributed by atoms with van der Waals surface area (Å²) >= 11 is 0. The van der Waals surface area contributed by atoms with Crippen LogP contribution in [0, 0.1) is 0 Å². The van der Waals surface area contributed by atoms with Crippen molar-refractivity contribution in [3.05, 3.63) is 47.8 Å². The summed E-state index contributed by atoms with van der Waals surface area (Å²) in [5.41, 5.74) is 1.62. The van der Waals surface area contributed by atoms with Gasteiger partial charge in [0.2, 0.25) is 0 Å². The molecule has 2 aromatic rings. The number of hydrogen-bond donors (Lipinski definition) is 2. The van der Waals surface area contributed by atoms with Gasteiger partial charge in [0, 0.05) is 13.2 Å². The molecule has 0 aliphatic rings. The molecule has 0 saturated carbocycles. The van der Waals surface area contributed by atoms with Gasteiger partial charge in [-0.1, -0.05) is 30.3 Å². The van der Waals surface area contributed by atoms with Gasteiger partial charge in [0.1, 0.15) is 5.69 Å². The third kappa shape index (κ3) is 2.92. The van der Waals surface area contributed by atoms with Gasteiger partial charge in [-0.2, -0.15) is 5.10 Å². The Morgan fingerprint density at radius 1 is 1.37 bits per heavy atom. The molecule has 6 heteroatoms. The lowest BCUT2D eigenvalue weighted by atomic mass is 10.2. The zero-order chi connectivity index (χ0) is 13.8. The van der Waals surface area contributed by atoms with Gasteiger partial charge in [-0.05, 0) is 5.56 Å². The Hall–Kier alpha value is -2.34. The monoisotopic (exact) mass is 261 g/mol. The fraction of sp³-hybridized carbons (Fsp3) is 0.231. The van der Waals surface area contributed by atoms with Crippen LogP contribution in [0.5, 0.6) is 0 Å². The van der Waals surface area contributed by atoms with Crippen molar-refractivity contribution in [1.82, 2.24) is 9.78 Å². The minimum Gasteiger partial charge on any atom is -0.465 e. The van der Waals surface area contributed by atoms with Crippen LogP contribution in [-0.2, 0) is 20.2 Å². The summed E-state index contributed by atoms with van der Waals surface area (Å²) in [6, 6.07) is 9.28. The van der Waals surface area contributed by atoms with Crippen molar-refractivity contribution in [2.75, 3.05) is 4.90 Å². The van der Waals surface area contributed by atoms with Crippen molar-refractivity contribution in [3.8, 4) is 0 Å². The molecule has 2 N–H and O–H groups in total. The molecule has 100 valence electrons. The van der Waals surface area contributed by atoms with Crippen LogP contribution >= 0.6 is 0 Å². The maximum atomic E-state index is 11.4. The van der Waals surface area contributed by atoms with E-state index in [1.54, 1.807) is 13.2 Å². The molecular weight excluding hydrogens is 246 g/mol. The highest BCUT2D eigenvalue weighted by molar-refractivity contribution is 5.86. The van der Waals surface area contributed by atoms with Crippen molar-refractivity contribution < 1.29 is 15.0 Å². The van der Waals surface area contributed by atoms with Gasteiger partial charge in [-0.25, -0.2) is 4.79 Å². The van der Waals surface area contributed by atoms with Gasteiger partial charge in [-0.3, -0.25) is 9.58 Å². The molecule has 0 saturated heterocycles. The largest absolute Gasteiger partial charge is 0.465 e. The summed E-state index contributed by atoms with van der Waals surface area (Å²) in [5.74, 6) is 0. The number of aliphatic hydroxyl groups excluding tert-OH is 1. The van der Waals surface area contributed by atoms with E-state index in [1.165, 1.54) is 9.58 Å². The van der Waals surface area contributed by atoms with Gasteiger partial charge in [0.25, 0.3) is 0 Å². The Morgan fingerprint density at radius 3 is 2.63 bits per heavy atom. The molecule has 6 nitrogen and oxygen atoms in total.